The molecule has 0 spiro atoms. The van der Waals surface area contributed by atoms with Gasteiger partial charge in [-0.15, -0.1) is 0 Å². The monoisotopic (exact) mass is 387 g/mol. The summed E-state index contributed by atoms with van der Waals surface area (Å²) in [6, 6.07) is 3.64. The number of imide groups is 2. The second-order valence-electron chi connectivity index (χ2n) is 6.50. The third kappa shape index (κ3) is 3.75. The molecule has 0 aromatic heterocycles. The summed E-state index contributed by atoms with van der Waals surface area (Å²) in [6.45, 7) is -0.00659. The predicted octanol–water partition coefficient (Wildman–Crippen LogP) is -0.431. The van der Waals surface area contributed by atoms with E-state index in [0.717, 1.165) is 0 Å². The smallest absolute Gasteiger partial charge is 0.303 e. The summed E-state index contributed by atoms with van der Waals surface area (Å²) < 4.78 is 0. The molecular weight excluding hydrogens is 370 g/mol. The average Bonchev–Trinajstić information content (AvgIpc) is 2.96. The van der Waals surface area contributed by atoms with Crippen LogP contribution in [-0.4, -0.2) is 51.6 Å². The van der Waals surface area contributed by atoms with Gasteiger partial charge in [-0.05, 0) is 24.1 Å². The number of carboxylic acids is 1. The van der Waals surface area contributed by atoms with Gasteiger partial charge in [0.15, 0.2) is 0 Å². The maximum absolute atomic E-state index is 12.7. The molecule has 1 aromatic rings. The molecule has 2 aliphatic heterocycles. The molecule has 28 heavy (non-hydrogen) atoms. The lowest BCUT2D eigenvalue weighted by molar-refractivity contribution is -0.139. The van der Waals surface area contributed by atoms with Crippen molar-refractivity contribution in [2.75, 3.05) is 0 Å². The Morgan fingerprint density at radius 1 is 1.18 bits per heavy atom. The van der Waals surface area contributed by atoms with E-state index in [1.807, 2.05) is 0 Å². The topological polar surface area (TPSA) is 150 Å². The summed E-state index contributed by atoms with van der Waals surface area (Å²) in [5.74, 6) is -4.04. The molecule has 2 aliphatic rings. The lowest BCUT2D eigenvalue weighted by Gasteiger charge is -2.29. The number of benzene rings is 1. The Morgan fingerprint density at radius 3 is 2.61 bits per heavy atom. The maximum atomic E-state index is 12.7. The van der Waals surface area contributed by atoms with E-state index in [9.17, 15) is 28.8 Å². The molecule has 3 N–H and O–H groups in total. The van der Waals surface area contributed by atoms with Gasteiger partial charge in [0.25, 0.3) is 11.8 Å². The Hall–Kier alpha value is -3.56. The molecule has 0 aliphatic carbocycles. The van der Waals surface area contributed by atoms with Gasteiger partial charge >= 0.3 is 5.97 Å². The van der Waals surface area contributed by atoms with Crippen LogP contribution < -0.4 is 10.6 Å². The van der Waals surface area contributed by atoms with E-state index in [-0.39, 0.29) is 36.9 Å². The Balaban J connectivity index is 1.77. The van der Waals surface area contributed by atoms with Gasteiger partial charge in [0.1, 0.15) is 6.04 Å². The highest BCUT2D eigenvalue weighted by Gasteiger charge is 2.40. The molecular formula is C18H17N3O7. The van der Waals surface area contributed by atoms with E-state index in [2.05, 4.69) is 10.6 Å². The lowest BCUT2D eigenvalue weighted by atomic mass is 10.0. The van der Waals surface area contributed by atoms with Gasteiger partial charge in [0, 0.05) is 30.5 Å². The highest BCUT2D eigenvalue weighted by Crippen LogP contribution is 2.29. The van der Waals surface area contributed by atoms with Gasteiger partial charge in [-0.2, -0.15) is 0 Å². The van der Waals surface area contributed by atoms with Gasteiger partial charge in [0.2, 0.25) is 17.7 Å². The van der Waals surface area contributed by atoms with Crippen molar-refractivity contribution >= 4 is 35.5 Å². The lowest BCUT2D eigenvalue weighted by Crippen LogP contribution is -2.52. The summed E-state index contributed by atoms with van der Waals surface area (Å²) >= 11 is 0. The number of nitrogens with one attached hydrogen (secondary N) is 2. The summed E-state index contributed by atoms with van der Waals surface area (Å²) in [5.41, 5.74) is 0.723. The number of fused-ring (bicyclic) bond motifs is 1. The first kappa shape index (κ1) is 19.2. The number of nitrogens with zero attached hydrogens (tertiary/aromatic N) is 1. The first-order valence-corrected chi connectivity index (χ1v) is 8.60. The molecule has 1 fully saturated rings. The van der Waals surface area contributed by atoms with Crippen LogP contribution in [0.2, 0.25) is 0 Å². The number of amides is 5. The van der Waals surface area contributed by atoms with Crippen LogP contribution in [0, 0.1) is 0 Å². The fraction of sp³-hybridized carbons (Fsp3) is 0.333. The van der Waals surface area contributed by atoms with Crippen molar-refractivity contribution < 1.29 is 33.9 Å². The first-order valence-electron chi connectivity index (χ1n) is 8.60. The Bertz CT molecular complexity index is 908. The second kappa shape index (κ2) is 7.59. The zero-order chi connectivity index (χ0) is 20.4. The Kier molecular flexibility index (Phi) is 5.21. The van der Waals surface area contributed by atoms with Crippen molar-refractivity contribution in [1.82, 2.24) is 15.5 Å². The van der Waals surface area contributed by atoms with Crippen LogP contribution in [0.5, 0.6) is 0 Å². The van der Waals surface area contributed by atoms with E-state index >= 15 is 0 Å². The highest BCUT2D eigenvalue weighted by atomic mass is 16.4. The van der Waals surface area contributed by atoms with Crippen molar-refractivity contribution in [3.63, 3.8) is 0 Å². The van der Waals surface area contributed by atoms with E-state index in [1.54, 1.807) is 0 Å². The number of hydrogen-bond donors (Lipinski definition) is 3. The molecule has 2 heterocycles. The molecule has 5 amide bonds. The SMILES string of the molecule is O=C(O)CCC(=O)NC(=O)c1cccc2c1CN(C1CCC(=O)NC1=O)C2=O. The number of carbonyl (C=O) groups excluding carboxylic acids is 5. The van der Waals surface area contributed by atoms with Crippen molar-refractivity contribution in [2.24, 2.45) is 0 Å². The molecule has 0 radical (unpaired) electrons. The van der Waals surface area contributed by atoms with Crippen LogP contribution in [0.15, 0.2) is 18.2 Å². The van der Waals surface area contributed by atoms with Gasteiger partial charge in [0.05, 0.1) is 6.42 Å². The molecule has 1 saturated heterocycles. The van der Waals surface area contributed by atoms with Crippen LogP contribution in [0.25, 0.3) is 0 Å². The van der Waals surface area contributed by atoms with E-state index in [4.69, 9.17) is 5.11 Å². The van der Waals surface area contributed by atoms with Gasteiger partial charge in [-0.25, -0.2) is 0 Å². The number of aliphatic carboxylic acids is 1. The van der Waals surface area contributed by atoms with E-state index < -0.39 is 48.0 Å². The van der Waals surface area contributed by atoms with Crippen LogP contribution in [0.4, 0.5) is 0 Å². The van der Waals surface area contributed by atoms with Gasteiger partial charge in [-0.3, -0.25) is 39.4 Å². The number of hydrogen-bond acceptors (Lipinski definition) is 6. The van der Waals surface area contributed by atoms with Crippen molar-refractivity contribution in [3.05, 3.63) is 34.9 Å². The van der Waals surface area contributed by atoms with Crippen LogP contribution in [-0.2, 0) is 25.7 Å². The van der Waals surface area contributed by atoms with Gasteiger partial charge < -0.3 is 10.0 Å². The molecule has 3 rings (SSSR count). The molecule has 0 bridgehead atoms. The number of piperidine rings is 1. The fourth-order valence-electron chi connectivity index (χ4n) is 3.28. The number of rotatable bonds is 5. The molecule has 1 aromatic carbocycles. The number of carbonyl (C=O) groups is 6. The molecule has 1 atom stereocenters. The molecule has 10 nitrogen and oxygen atoms in total. The van der Waals surface area contributed by atoms with Crippen LogP contribution in [0.3, 0.4) is 0 Å². The molecule has 146 valence electrons. The Labute approximate surface area is 158 Å². The third-order valence-electron chi connectivity index (χ3n) is 4.65. The molecule has 1 unspecified atom stereocenters. The minimum absolute atomic E-state index is 0.00659. The minimum Gasteiger partial charge on any atom is -0.481 e. The Morgan fingerprint density at radius 2 is 1.93 bits per heavy atom. The van der Waals surface area contributed by atoms with E-state index in [0.29, 0.717) is 5.56 Å². The largest absolute Gasteiger partial charge is 0.481 e. The summed E-state index contributed by atoms with van der Waals surface area (Å²) in [6.07, 6.45) is -0.452. The summed E-state index contributed by atoms with van der Waals surface area (Å²) in [5, 5.41) is 12.9. The average molecular weight is 387 g/mol. The second-order valence-corrected chi connectivity index (χ2v) is 6.50. The predicted molar refractivity (Wildman–Crippen MR) is 91.8 cm³/mol. The fourth-order valence-corrected chi connectivity index (χ4v) is 3.28. The summed E-state index contributed by atoms with van der Waals surface area (Å²) in [7, 11) is 0. The third-order valence-corrected chi connectivity index (χ3v) is 4.65. The molecule has 0 saturated carbocycles. The minimum atomic E-state index is -1.16. The summed E-state index contributed by atoms with van der Waals surface area (Å²) in [4.78, 5) is 72.1. The van der Waals surface area contributed by atoms with Crippen LogP contribution in [0.1, 0.15) is 52.0 Å². The number of carboxylic acid groups (broad SMARTS) is 1. The van der Waals surface area contributed by atoms with Crippen molar-refractivity contribution in [3.8, 4) is 0 Å². The first-order chi connectivity index (χ1) is 13.3. The zero-order valence-electron chi connectivity index (χ0n) is 14.7. The van der Waals surface area contributed by atoms with Crippen LogP contribution >= 0.6 is 0 Å². The quantitative estimate of drug-likeness (QED) is 0.580. The highest BCUT2D eigenvalue weighted by molar-refractivity contribution is 6.10. The molecule has 10 heteroatoms. The maximum Gasteiger partial charge on any atom is 0.303 e. The zero-order valence-corrected chi connectivity index (χ0v) is 14.7. The van der Waals surface area contributed by atoms with Crippen molar-refractivity contribution in [1.29, 1.82) is 0 Å². The van der Waals surface area contributed by atoms with E-state index in [1.165, 1.54) is 23.1 Å². The van der Waals surface area contributed by atoms with Gasteiger partial charge in [-0.1, -0.05) is 6.07 Å². The standard InChI is InChI=1S/C18H17N3O7/c22-13-5-4-12(17(27)20-13)21-8-11-9(2-1-3-10(11)18(21)28)16(26)19-14(23)6-7-15(24)25/h1-3,12H,4-8H2,(H,24,25)(H,19,23,26)(H,20,22,27). The normalized spacial score (nSPS) is 18.5. The van der Waals surface area contributed by atoms with Crippen molar-refractivity contribution in [2.45, 2.75) is 38.3 Å².